The van der Waals surface area contributed by atoms with Crippen LogP contribution in [-0.4, -0.2) is 18.6 Å². The van der Waals surface area contributed by atoms with Crippen molar-refractivity contribution in [3.05, 3.63) is 0 Å². The zero-order valence-corrected chi connectivity index (χ0v) is 6.56. The Balaban J connectivity index is 2.84. The fourth-order valence-electron chi connectivity index (χ4n) is 0.546. The Morgan fingerprint density at radius 2 is 2.10 bits per heavy atom. The Morgan fingerprint density at radius 1 is 1.40 bits per heavy atom. The van der Waals surface area contributed by atoms with Gasteiger partial charge in [0.15, 0.2) is 0 Å². The first-order valence-electron chi connectivity index (χ1n) is 3.25. The van der Waals surface area contributed by atoms with Crippen molar-refractivity contribution in [3.8, 4) is 0 Å². The summed E-state index contributed by atoms with van der Waals surface area (Å²) in [5.74, 6) is 0.663. The fourth-order valence-corrected chi connectivity index (χ4v) is 0.735. The van der Waals surface area contributed by atoms with Crippen LogP contribution in [-0.2, 0) is 4.74 Å². The standard InChI is InChI=1S/C6H12ClNO2/c7-4-2-1-3-5-10-6(8)9/h1-5H2,(H2,8,9). The van der Waals surface area contributed by atoms with E-state index in [0.29, 0.717) is 12.5 Å². The van der Waals surface area contributed by atoms with Gasteiger partial charge in [-0.15, -0.1) is 11.6 Å². The van der Waals surface area contributed by atoms with Crippen molar-refractivity contribution in [3.63, 3.8) is 0 Å². The van der Waals surface area contributed by atoms with Crippen molar-refractivity contribution < 1.29 is 9.53 Å². The molecule has 0 aliphatic rings. The van der Waals surface area contributed by atoms with E-state index in [0.717, 1.165) is 19.3 Å². The van der Waals surface area contributed by atoms with Crippen LogP contribution in [0.1, 0.15) is 19.3 Å². The molecule has 4 heteroatoms. The molecule has 0 fully saturated rings. The predicted molar refractivity (Wildman–Crippen MR) is 40.1 cm³/mol. The lowest BCUT2D eigenvalue weighted by Gasteiger charge is -1.98. The summed E-state index contributed by atoms with van der Waals surface area (Å²) in [4.78, 5) is 10.0. The smallest absolute Gasteiger partial charge is 0.404 e. The molecule has 1 amide bonds. The highest BCUT2D eigenvalue weighted by atomic mass is 35.5. The summed E-state index contributed by atoms with van der Waals surface area (Å²) in [6.45, 7) is 0.409. The minimum Gasteiger partial charge on any atom is -0.450 e. The van der Waals surface area contributed by atoms with Crippen LogP contribution in [0.25, 0.3) is 0 Å². The Labute approximate surface area is 65.5 Å². The summed E-state index contributed by atoms with van der Waals surface area (Å²) in [7, 11) is 0. The summed E-state index contributed by atoms with van der Waals surface area (Å²) in [6.07, 6.45) is 2.08. The lowest BCUT2D eigenvalue weighted by Crippen LogP contribution is -2.13. The summed E-state index contributed by atoms with van der Waals surface area (Å²) >= 11 is 5.41. The van der Waals surface area contributed by atoms with Gasteiger partial charge >= 0.3 is 6.09 Å². The highest BCUT2D eigenvalue weighted by Crippen LogP contribution is 1.96. The molecule has 0 aromatic carbocycles. The third kappa shape index (κ3) is 7.56. The van der Waals surface area contributed by atoms with E-state index in [4.69, 9.17) is 17.3 Å². The van der Waals surface area contributed by atoms with E-state index >= 15 is 0 Å². The third-order valence-electron chi connectivity index (χ3n) is 1.02. The molecule has 3 nitrogen and oxygen atoms in total. The highest BCUT2D eigenvalue weighted by molar-refractivity contribution is 6.17. The molecule has 0 aromatic heterocycles. The molecule has 0 bridgehead atoms. The van der Waals surface area contributed by atoms with Gasteiger partial charge in [-0.3, -0.25) is 0 Å². The lowest BCUT2D eigenvalue weighted by atomic mass is 10.3. The SMILES string of the molecule is NC(=O)OCCCCCCl. The van der Waals surface area contributed by atoms with Crippen LogP contribution < -0.4 is 5.73 Å². The number of carbonyl (C=O) groups is 1. The number of hydrogen-bond acceptors (Lipinski definition) is 2. The van der Waals surface area contributed by atoms with Gasteiger partial charge in [0.25, 0.3) is 0 Å². The maximum Gasteiger partial charge on any atom is 0.404 e. The van der Waals surface area contributed by atoms with Crippen LogP contribution >= 0.6 is 11.6 Å². The van der Waals surface area contributed by atoms with Crippen molar-refractivity contribution in [2.24, 2.45) is 5.73 Å². The van der Waals surface area contributed by atoms with E-state index in [1.165, 1.54) is 0 Å². The molecule has 2 N–H and O–H groups in total. The number of rotatable bonds is 5. The Bertz CT molecular complexity index is 97.7. The number of carbonyl (C=O) groups excluding carboxylic acids is 1. The Morgan fingerprint density at radius 3 is 2.60 bits per heavy atom. The van der Waals surface area contributed by atoms with E-state index in [-0.39, 0.29) is 0 Å². The van der Waals surface area contributed by atoms with Crippen LogP contribution in [0.4, 0.5) is 4.79 Å². The molecule has 0 aromatic rings. The first kappa shape index (κ1) is 9.56. The normalized spacial score (nSPS) is 9.30. The first-order chi connectivity index (χ1) is 4.77. The number of unbranched alkanes of at least 4 members (excludes halogenated alkanes) is 2. The quantitative estimate of drug-likeness (QED) is 0.496. The molecule has 0 aliphatic heterocycles. The number of ether oxygens (including phenoxy) is 1. The second-order valence-corrected chi connectivity index (χ2v) is 2.30. The molecule has 0 saturated heterocycles. The van der Waals surface area contributed by atoms with E-state index < -0.39 is 6.09 Å². The molecule has 0 unspecified atom stereocenters. The van der Waals surface area contributed by atoms with Crippen LogP contribution in [0.15, 0.2) is 0 Å². The number of amides is 1. The highest BCUT2D eigenvalue weighted by Gasteiger charge is 1.92. The fraction of sp³-hybridized carbons (Fsp3) is 0.833. The number of hydrogen-bond donors (Lipinski definition) is 1. The molecule has 0 atom stereocenters. The topological polar surface area (TPSA) is 52.3 Å². The van der Waals surface area contributed by atoms with Gasteiger partial charge in [-0.25, -0.2) is 4.79 Å². The summed E-state index contributed by atoms with van der Waals surface area (Å²) in [5.41, 5.74) is 4.72. The van der Waals surface area contributed by atoms with Gasteiger partial charge in [-0.05, 0) is 19.3 Å². The second kappa shape index (κ2) is 6.68. The number of primary amides is 1. The molecule has 0 radical (unpaired) electrons. The minimum absolute atomic E-state index is 0.409. The molecule has 0 saturated carbocycles. The Hall–Kier alpha value is -0.440. The largest absolute Gasteiger partial charge is 0.450 e. The van der Waals surface area contributed by atoms with Gasteiger partial charge in [0.2, 0.25) is 0 Å². The van der Waals surface area contributed by atoms with Crippen LogP contribution in [0.5, 0.6) is 0 Å². The van der Waals surface area contributed by atoms with E-state index in [1.54, 1.807) is 0 Å². The van der Waals surface area contributed by atoms with Gasteiger partial charge in [-0.2, -0.15) is 0 Å². The average molecular weight is 166 g/mol. The lowest BCUT2D eigenvalue weighted by molar-refractivity contribution is 0.154. The number of alkyl halides is 1. The Kier molecular flexibility index (Phi) is 6.38. The van der Waals surface area contributed by atoms with E-state index in [2.05, 4.69) is 4.74 Å². The van der Waals surface area contributed by atoms with Gasteiger partial charge < -0.3 is 10.5 Å². The zero-order valence-electron chi connectivity index (χ0n) is 5.81. The van der Waals surface area contributed by atoms with Crippen molar-refractivity contribution in [1.29, 1.82) is 0 Å². The minimum atomic E-state index is -0.703. The molecule has 0 rings (SSSR count). The molecule has 60 valence electrons. The summed E-state index contributed by atoms with van der Waals surface area (Å²) in [6, 6.07) is 0. The van der Waals surface area contributed by atoms with Crippen molar-refractivity contribution in [2.75, 3.05) is 12.5 Å². The third-order valence-corrected chi connectivity index (χ3v) is 1.29. The summed E-state index contributed by atoms with van der Waals surface area (Å²) in [5, 5.41) is 0. The van der Waals surface area contributed by atoms with Gasteiger partial charge in [-0.1, -0.05) is 0 Å². The van der Waals surface area contributed by atoms with E-state index in [9.17, 15) is 4.79 Å². The molecule has 0 aliphatic carbocycles. The van der Waals surface area contributed by atoms with Gasteiger partial charge in [0.1, 0.15) is 0 Å². The number of nitrogens with two attached hydrogens (primary N) is 1. The van der Waals surface area contributed by atoms with Gasteiger partial charge in [0, 0.05) is 5.88 Å². The van der Waals surface area contributed by atoms with Crippen molar-refractivity contribution in [2.45, 2.75) is 19.3 Å². The maximum atomic E-state index is 10.0. The summed E-state index contributed by atoms with van der Waals surface area (Å²) < 4.78 is 4.48. The average Bonchev–Trinajstić information content (AvgIpc) is 1.87. The first-order valence-corrected chi connectivity index (χ1v) is 3.79. The monoisotopic (exact) mass is 165 g/mol. The molecular weight excluding hydrogens is 154 g/mol. The number of halogens is 1. The predicted octanol–water partition coefficient (Wildman–Crippen LogP) is 1.49. The van der Waals surface area contributed by atoms with Crippen molar-refractivity contribution >= 4 is 17.7 Å². The van der Waals surface area contributed by atoms with Gasteiger partial charge in [0.05, 0.1) is 6.61 Å². The van der Waals surface area contributed by atoms with Crippen LogP contribution in [0.3, 0.4) is 0 Å². The molecule has 10 heavy (non-hydrogen) atoms. The van der Waals surface area contributed by atoms with E-state index in [1.807, 2.05) is 0 Å². The zero-order chi connectivity index (χ0) is 7.82. The maximum absolute atomic E-state index is 10.0. The second-order valence-electron chi connectivity index (χ2n) is 1.92. The van der Waals surface area contributed by atoms with Crippen LogP contribution in [0.2, 0.25) is 0 Å². The molecule has 0 heterocycles. The molecule has 0 spiro atoms. The van der Waals surface area contributed by atoms with Crippen LogP contribution in [0, 0.1) is 0 Å². The molecular formula is C6H12ClNO2. The van der Waals surface area contributed by atoms with Crippen molar-refractivity contribution in [1.82, 2.24) is 0 Å².